The molecule has 1 aromatic rings. The number of carbonyl (C=O) groups excluding carboxylic acids is 1. The first-order valence-electron chi connectivity index (χ1n) is 7.00. The zero-order chi connectivity index (χ0) is 14.4. The van der Waals surface area contributed by atoms with Gasteiger partial charge in [-0.05, 0) is 37.7 Å². The minimum Gasteiger partial charge on any atom is -0.370 e. The van der Waals surface area contributed by atoms with Crippen LogP contribution in [0.2, 0.25) is 0 Å². The van der Waals surface area contributed by atoms with E-state index < -0.39 is 0 Å². The standard InChI is InChI=1S/C15H21BrN2O2.ClH/c1-17-7-3-6-15(19)18-8-9-20-14(11-18)12-4-2-5-13(16)10-12;/h2,4-5,10,14,17H,3,6-9,11H2,1H3;1H. The number of morpholine rings is 1. The molecule has 21 heavy (non-hydrogen) atoms. The van der Waals surface area contributed by atoms with Crippen molar-refractivity contribution in [1.29, 1.82) is 0 Å². The third-order valence-corrected chi connectivity index (χ3v) is 3.95. The van der Waals surface area contributed by atoms with Crippen LogP contribution in [0.1, 0.15) is 24.5 Å². The summed E-state index contributed by atoms with van der Waals surface area (Å²) in [5, 5.41) is 3.07. The second-order valence-corrected chi connectivity index (χ2v) is 5.88. The maximum atomic E-state index is 12.2. The van der Waals surface area contributed by atoms with Crippen LogP contribution in [0, 0.1) is 0 Å². The number of nitrogens with one attached hydrogen (secondary N) is 1. The molecule has 118 valence electrons. The molecule has 0 bridgehead atoms. The van der Waals surface area contributed by atoms with Crippen molar-refractivity contribution in [2.45, 2.75) is 18.9 Å². The molecule has 0 aliphatic carbocycles. The van der Waals surface area contributed by atoms with Crippen molar-refractivity contribution in [3.63, 3.8) is 0 Å². The van der Waals surface area contributed by atoms with Gasteiger partial charge < -0.3 is 15.0 Å². The number of amides is 1. The SMILES string of the molecule is CNCCCC(=O)N1CCOC(c2cccc(Br)c2)C1.Cl. The summed E-state index contributed by atoms with van der Waals surface area (Å²) in [6.07, 6.45) is 1.47. The molecule has 0 saturated carbocycles. The Morgan fingerprint density at radius 3 is 3.05 bits per heavy atom. The van der Waals surface area contributed by atoms with Gasteiger partial charge in [-0.2, -0.15) is 0 Å². The van der Waals surface area contributed by atoms with Crippen LogP contribution >= 0.6 is 28.3 Å². The van der Waals surface area contributed by atoms with E-state index in [4.69, 9.17) is 4.74 Å². The molecule has 6 heteroatoms. The molecule has 1 aliphatic heterocycles. The number of ether oxygens (including phenoxy) is 1. The van der Waals surface area contributed by atoms with E-state index in [0.29, 0.717) is 26.1 Å². The highest BCUT2D eigenvalue weighted by atomic mass is 79.9. The first-order valence-corrected chi connectivity index (χ1v) is 7.79. The van der Waals surface area contributed by atoms with E-state index in [9.17, 15) is 4.79 Å². The fourth-order valence-corrected chi connectivity index (χ4v) is 2.78. The van der Waals surface area contributed by atoms with Crippen LogP contribution in [0.4, 0.5) is 0 Å². The minimum atomic E-state index is -0.0190. The fourth-order valence-electron chi connectivity index (χ4n) is 2.36. The highest BCUT2D eigenvalue weighted by Gasteiger charge is 2.25. The fraction of sp³-hybridized carbons (Fsp3) is 0.533. The van der Waals surface area contributed by atoms with Crippen molar-refractivity contribution in [3.8, 4) is 0 Å². The average molecular weight is 378 g/mol. The molecule has 2 rings (SSSR count). The van der Waals surface area contributed by atoms with Crippen LogP contribution in [0.25, 0.3) is 0 Å². The number of carbonyl (C=O) groups is 1. The molecular weight excluding hydrogens is 356 g/mol. The summed E-state index contributed by atoms with van der Waals surface area (Å²) in [4.78, 5) is 14.1. The van der Waals surface area contributed by atoms with Gasteiger partial charge in [0.15, 0.2) is 0 Å². The predicted octanol–water partition coefficient (Wildman–Crippen LogP) is 2.77. The summed E-state index contributed by atoms with van der Waals surface area (Å²) in [5.74, 6) is 0.226. The predicted molar refractivity (Wildman–Crippen MR) is 89.8 cm³/mol. The Morgan fingerprint density at radius 2 is 2.33 bits per heavy atom. The monoisotopic (exact) mass is 376 g/mol. The van der Waals surface area contributed by atoms with Crippen LogP contribution in [-0.2, 0) is 9.53 Å². The van der Waals surface area contributed by atoms with Crippen molar-refractivity contribution < 1.29 is 9.53 Å². The molecule has 4 nitrogen and oxygen atoms in total. The molecule has 1 heterocycles. The van der Waals surface area contributed by atoms with Crippen LogP contribution in [0.5, 0.6) is 0 Å². The summed E-state index contributed by atoms with van der Waals surface area (Å²) < 4.78 is 6.84. The van der Waals surface area contributed by atoms with E-state index >= 15 is 0 Å². The molecule has 1 aliphatic rings. The maximum Gasteiger partial charge on any atom is 0.222 e. The number of benzene rings is 1. The highest BCUT2D eigenvalue weighted by molar-refractivity contribution is 9.10. The molecular formula is C15H22BrClN2O2. The molecule has 1 saturated heterocycles. The Bertz CT molecular complexity index is 459. The van der Waals surface area contributed by atoms with Gasteiger partial charge >= 0.3 is 0 Å². The van der Waals surface area contributed by atoms with Crippen LogP contribution in [0.3, 0.4) is 0 Å². The lowest BCUT2D eigenvalue weighted by molar-refractivity contribution is -0.139. The Hall–Kier alpha value is -0.620. The zero-order valence-electron chi connectivity index (χ0n) is 12.2. The molecule has 0 spiro atoms. The Morgan fingerprint density at radius 1 is 1.52 bits per heavy atom. The van der Waals surface area contributed by atoms with Crippen molar-refractivity contribution in [3.05, 3.63) is 34.3 Å². The maximum absolute atomic E-state index is 12.2. The second-order valence-electron chi connectivity index (χ2n) is 4.96. The Balaban J connectivity index is 0.00000220. The third-order valence-electron chi connectivity index (χ3n) is 3.46. The third kappa shape index (κ3) is 5.58. The molecule has 1 amide bonds. The number of nitrogens with zero attached hydrogens (tertiary/aromatic N) is 1. The van der Waals surface area contributed by atoms with Gasteiger partial charge in [0.05, 0.1) is 13.2 Å². The lowest BCUT2D eigenvalue weighted by Crippen LogP contribution is -2.42. The minimum absolute atomic E-state index is 0. The van der Waals surface area contributed by atoms with Gasteiger partial charge in [-0.1, -0.05) is 28.1 Å². The molecule has 1 aromatic carbocycles. The van der Waals surface area contributed by atoms with Crippen molar-refractivity contribution >= 4 is 34.2 Å². The van der Waals surface area contributed by atoms with Gasteiger partial charge in [-0.25, -0.2) is 0 Å². The lowest BCUT2D eigenvalue weighted by atomic mass is 10.1. The summed E-state index contributed by atoms with van der Waals surface area (Å²) in [5.41, 5.74) is 1.12. The van der Waals surface area contributed by atoms with Gasteiger partial charge in [0.25, 0.3) is 0 Å². The van der Waals surface area contributed by atoms with Gasteiger partial charge in [0, 0.05) is 17.4 Å². The molecule has 1 N–H and O–H groups in total. The molecule has 1 fully saturated rings. The van der Waals surface area contributed by atoms with Crippen LogP contribution in [0.15, 0.2) is 28.7 Å². The van der Waals surface area contributed by atoms with E-state index in [1.165, 1.54) is 0 Å². The first-order chi connectivity index (χ1) is 9.70. The number of hydrogen-bond acceptors (Lipinski definition) is 3. The van der Waals surface area contributed by atoms with Gasteiger partial charge in [-0.15, -0.1) is 12.4 Å². The van der Waals surface area contributed by atoms with E-state index in [0.717, 1.165) is 23.0 Å². The molecule has 0 aromatic heterocycles. The summed E-state index contributed by atoms with van der Waals surface area (Å²) >= 11 is 3.47. The van der Waals surface area contributed by atoms with Crippen LogP contribution < -0.4 is 5.32 Å². The number of hydrogen-bond donors (Lipinski definition) is 1. The quantitative estimate of drug-likeness (QED) is 0.802. The van der Waals surface area contributed by atoms with Crippen LogP contribution in [-0.4, -0.2) is 44.1 Å². The van der Waals surface area contributed by atoms with Gasteiger partial charge in [0.2, 0.25) is 5.91 Å². The highest BCUT2D eigenvalue weighted by Crippen LogP contribution is 2.25. The summed E-state index contributed by atoms with van der Waals surface area (Å²) in [6.45, 7) is 2.83. The van der Waals surface area contributed by atoms with Crippen molar-refractivity contribution in [2.24, 2.45) is 0 Å². The van der Waals surface area contributed by atoms with E-state index in [1.807, 2.05) is 30.1 Å². The van der Waals surface area contributed by atoms with E-state index in [2.05, 4.69) is 27.3 Å². The molecule has 1 unspecified atom stereocenters. The van der Waals surface area contributed by atoms with E-state index in [1.54, 1.807) is 0 Å². The first kappa shape index (κ1) is 18.4. The number of halogens is 2. The molecule has 0 radical (unpaired) electrons. The Labute approximate surface area is 140 Å². The molecule has 1 atom stereocenters. The van der Waals surface area contributed by atoms with Gasteiger partial charge in [0.1, 0.15) is 6.10 Å². The zero-order valence-corrected chi connectivity index (χ0v) is 14.6. The van der Waals surface area contributed by atoms with Gasteiger partial charge in [-0.3, -0.25) is 4.79 Å². The largest absolute Gasteiger partial charge is 0.370 e. The Kier molecular flexibility index (Phi) is 8.26. The van der Waals surface area contributed by atoms with Crippen molar-refractivity contribution in [2.75, 3.05) is 33.3 Å². The number of rotatable bonds is 5. The van der Waals surface area contributed by atoms with E-state index in [-0.39, 0.29) is 24.4 Å². The smallest absolute Gasteiger partial charge is 0.222 e. The topological polar surface area (TPSA) is 41.6 Å². The summed E-state index contributed by atoms with van der Waals surface area (Å²) in [6, 6.07) is 8.09. The normalized spacial score (nSPS) is 18.2. The lowest BCUT2D eigenvalue weighted by Gasteiger charge is -2.33. The van der Waals surface area contributed by atoms with Crippen molar-refractivity contribution in [1.82, 2.24) is 10.2 Å². The second kappa shape index (κ2) is 9.41. The summed E-state index contributed by atoms with van der Waals surface area (Å²) in [7, 11) is 1.91. The average Bonchev–Trinajstić information content (AvgIpc) is 2.47.